The molecular formula is C20H17N3O2. The number of nitrogens with zero attached hydrogens (tertiary/aromatic N) is 1. The van der Waals surface area contributed by atoms with Crippen molar-refractivity contribution in [3.8, 4) is 11.8 Å². The molecule has 124 valence electrons. The molecule has 0 unspecified atom stereocenters. The Morgan fingerprint density at radius 3 is 2.80 bits per heavy atom. The van der Waals surface area contributed by atoms with E-state index in [1.54, 1.807) is 30.5 Å². The molecule has 0 atom stereocenters. The Morgan fingerprint density at radius 2 is 2.04 bits per heavy atom. The third kappa shape index (κ3) is 4.06. The number of hydrogen-bond acceptors (Lipinski definition) is 3. The highest BCUT2D eigenvalue weighted by atomic mass is 16.5. The number of carbonyl (C=O) groups is 1. The third-order valence-electron chi connectivity index (χ3n) is 3.75. The van der Waals surface area contributed by atoms with Crippen LogP contribution >= 0.6 is 0 Å². The average Bonchev–Trinajstić information content (AvgIpc) is 3.06. The van der Waals surface area contributed by atoms with Crippen LogP contribution in [0.2, 0.25) is 0 Å². The normalized spacial score (nSPS) is 10.1. The van der Waals surface area contributed by atoms with Gasteiger partial charge >= 0.3 is 0 Å². The minimum Gasteiger partial charge on any atom is -0.489 e. The Labute approximate surface area is 145 Å². The van der Waals surface area contributed by atoms with Gasteiger partial charge in [-0.2, -0.15) is 5.26 Å². The third-order valence-corrected chi connectivity index (χ3v) is 3.75. The number of nitriles is 1. The molecule has 0 aliphatic heterocycles. The molecule has 0 saturated carbocycles. The van der Waals surface area contributed by atoms with Crippen molar-refractivity contribution in [2.75, 3.05) is 5.32 Å². The van der Waals surface area contributed by atoms with Gasteiger partial charge in [0.2, 0.25) is 0 Å². The first-order valence-corrected chi connectivity index (χ1v) is 7.83. The average molecular weight is 331 g/mol. The fourth-order valence-electron chi connectivity index (χ4n) is 2.46. The first kappa shape index (κ1) is 16.3. The number of rotatable bonds is 5. The number of carbonyl (C=O) groups excluding carboxylic acids is 1. The van der Waals surface area contributed by atoms with E-state index in [4.69, 9.17) is 10.00 Å². The van der Waals surface area contributed by atoms with Gasteiger partial charge in [-0.3, -0.25) is 4.79 Å². The number of aryl methyl sites for hydroxylation is 1. The van der Waals surface area contributed by atoms with Gasteiger partial charge in [-0.05, 0) is 42.8 Å². The molecular weight excluding hydrogens is 314 g/mol. The Hall–Kier alpha value is -3.52. The zero-order valence-corrected chi connectivity index (χ0v) is 13.7. The van der Waals surface area contributed by atoms with Crippen molar-refractivity contribution in [3.05, 3.63) is 83.2 Å². The van der Waals surface area contributed by atoms with Gasteiger partial charge in [-0.15, -0.1) is 0 Å². The summed E-state index contributed by atoms with van der Waals surface area (Å²) in [6.07, 6.45) is 1.74. The van der Waals surface area contributed by atoms with E-state index in [0.29, 0.717) is 29.2 Å². The first-order chi connectivity index (χ1) is 12.2. The molecule has 1 aromatic heterocycles. The number of hydrogen-bond donors (Lipinski definition) is 2. The van der Waals surface area contributed by atoms with Crippen molar-refractivity contribution >= 4 is 11.6 Å². The van der Waals surface area contributed by atoms with Crippen LogP contribution in [-0.4, -0.2) is 10.9 Å². The van der Waals surface area contributed by atoms with Crippen molar-refractivity contribution in [2.45, 2.75) is 13.5 Å². The molecule has 0 aliphatic carbocycles. The van der Waals surface area contributed by atoms with Gasteiger partial charge in [0.1, 0.15) is 12.4 Å². The molecule has 2 aromatic carbocycles. The zero-order valence-electron chi connectivity index (χ0n) is 13.7. The molecule has 2 N–H and O–H groups in total. The number of anilines is 1. The number of H-pyrrole nitrogens is 1. The minimum atomic E-state index is -0.169. The van der Waals surface area contributed by atoms with Gasteiger partial charge in [0.25, 0.3) is 5.91 Å². The van der Waals surface area contributed by atoms with Gasteiger partial charge in [-0.1, -0.05) is 18.2 Å². The predicted molar refractivity (Wildman–Crippen MR) is 95.4 cm³/mol. The lowest BCUT2D eigenvalue weighted by atomic mass is 10.1. The van der Waals surface area contributed by atoms with Crippen LogP contribution < -0.4 is 10.1 Å². The van der Waals surface area contributed by atoms with Gasteiger partial charge < -0.3 is 15.0 Å². The summed E-state index contributed by atoms with van der Waals surface area (Å²) in [6.45, 7) is 2.20. The second-order valence-corrected chi connectivity index (χ2v) is 5.60. The molecule has 1 amide bonds. The van der Waals surface area contributed by atoms with Crippen LogP contribution in [0.1, 0.15) is 27.2 Å². The lowest BCUT2D eigenvalue weighted by molar-refractivity contribution is 0.102. The van der Waals surface area contributed by atoms with Crippen LogP contribution in [0, 0.1) is 18.3 Å². The standard InChI is InChI=1S/C20H17N3O2/c1-14-19(8-9-22-14)20(24)23-17-6-3-7-18(11-17)25-13-16-5-2-4-15(10-16)12-21/h2-11,22H,13H2,1H3,(H,23,24). The molecule has 3 rings (SSSR count). The lowest BCUT2D eigenvalue weighted by Crippen LogP contribution is -2.12. The summed E-state index contributed by atoms with van der Waals surface area (Å²) in [5, 5.41) is 11.8. The maximum absolute atomic E-state index is 12.3. The smallest absolute Gasteiger partial charge is 0.257 e. The molecule has 0 radical (unpaired) electrons. The Kier molecular flexibility index (Phi) is 4.82. The highest BCUT2D eigenvalue weighted by Gasteiger charge is 2.10. The molecule has 0 bridgehead atoms. The number of amides is 1. The fourth-order valence-corrected chi connectivity index (χ4v) is 2.46. The van der Waals surface area contributed by atoms with Crippen molar-refractivity contribution in [2.24, 2.45) is 0 Å². The highest BCUT2D eigenvalue weighted by Crippen LogP contribution is 2.20. The quantitative estimate of drug-likeness (QED) is 0.741. The number of benzene rings is 2. The molecule has 25 heavy (non-hydrogen) atoms. The number of ether oxygens (including phenoxy) is 1. The van der Waals surface area contributed by atoms with Gasteiger partial charge in [0.15, 0.2) is 0 Å². The molecule has 0 fully saturated rings. The molecule has 5 nitrogen and oxygen atoms in total. The SMILES string of the molecule is Cc1[nH]ccc1C(=O)Nc1cccc(OCc2cccc(C#N)c2)c1. The van der Waals surface area contributed by atoms with Gasteiger partial charge in [-0.25, -0.2) is 0 Å². The summed E-state index contributed by atoms with van der Waals surface area (Å²) in [7, 11) is 0. The van der Waals surface area contributed by atoms with Crippen LogP contribution in [0.3, 0.4) is 0 Å². The van der Waals surface area contributed by atoms with Gasteiger partial charge in [0, 0.05) is 23.6 Å². The molecule has 0 spiro atoms. The van der Waals surface area contributed by atoms with Crippen LogP contribution in [0.5, 0.6) is 5.75 Å². The molecule has 0 saturated heterocycles. The maximum Gasteiger partial charge on any atom is 0.257 e. The Bertz CT molecular complexity index is 938. The van der Waals surface area contributed by atoms with E-state index in [0.717, 1.165) is 11.3 Å². The van der Waals surface area contributed by atoms with E-state index in [9.17, 15) is 4.79 Å². The highest BCUT2D eigenvalue weighted by molar-refractivity contribution is 6.05. The van der Waals surface area contributed by atoms with E-state index < -0.39 is 0 Å². The lowest BCUT2D eigenvalue weighted by Gasteiger charge is -2.09. The van der Waals surface area contributed by atoms with Gasteiger partial charge in [0.05, 0.1) is 17.2 Å². The predicted octanol–water partition coefficient (Wildman–Crippen LogP) is 4.03. The second kappa shape index (κ2) is 7.37. The van der Waals surface area contributed by atoms with E-state index in [-0.39, 0.29) is 5.91 Å². The van der Waals surface area contributed by atoms with Crippen LogP contribution in [-0.2, 0) is 6.61 Å². The summed E-state index contributed by atoms with van der Waals surface area (Å²) in [4.78, 5) is 15.2. The van der Waals surface area contributed by atoms with E-state index in [1.165, 1.54) is 0 Å². The molecule has 1 heterocycles. The van der Waals surface area contributed by atoms with Crippen LogP contribution in [0.4, 0.5) is 5.69 Å². The number of aromatic amines is 1. The molecule has 5 heteroatoms. The topological polar surface area (TPSA) is 77.9 Å². The zero-order chi connectivity index (χ0) is 17.6. The second-order valence-electron chi connectivity index (χ2n) is 5.60. The number of aromatic nitrogens is 1. The fraction of sp³-hybridized carbons (Fsp3) is 0.100. The summed E-state index contributed by atoms with van der Waals surface area (Å²) < 4.78 is 5.76. The van der Waals surface area contributed by atoms with Crippen LogP contribution in [0.15, 0.2) is 60.8 Å². The van der Waals surface area contributed by atoms with E-state index in [2.05, 4.69) is 16.4 Å². The largest absolute Gasteiger partial charge is 0.489 e. The number of nitrogens with one attached hydrogen (secondary N) is 2. The maximum atomic E-state index is 12.3. The molecule has 0 aliphatic rings. The minimum absolute atomic E-state index is 0.169. The van der Waals surface area contributed by atoms with E-state index >= 15 is 0 Å². The van der Waals surface area contributed by atoms with Crippen molar-refractivity contribution in [1.29, 1.82) is 5.26 Å². The summed E-state index contributed by atoms with van der Waals surface area (Å²) in [6, 6.07) is 18.4. The Balaban J connectivity index is 1.66. The van der Waals surface area contributed by atoms with E-state index in [1.807, 2.05) is 37.3 Å². The monoisotopic (exact) mass is 331 g/mol. The summed E-state index contributed by atoms with van der Waals surface area (Å²) in [5.41, 5.74) is 3.61. The van der Waals surface area contributed by atoms with Crippen molar-refractivity contribution < 1.29 is 9.53 Å². The summed E-state index contributed by atoms with van der Waals surface area (Å²) in [5.74, 6) is 0.476. The van der Waals surface area contributed by atoms with Crippen LogP contribution in [0.25, 0.3) is 0 Å². The molecule has 3 aromatic rings. The van der Waals surface area contributed by atoms with Crippen molar-refractivity contribution in [1.82, 2.24) is 4.98 Å². The summed E-state index contributed by atoms with van der Waals surface area (Å²) >= 11 is 0. The first-order valence-electron chi connectivity index (χ1n) is 7.83. The van der Waals surface area contributed by atoms with Crippen molar-refractivity contribution in [3.63, 3.8) is 0 Å². The Morgan fingerprint density at radius 1 is 1.20 bits per heavy atom.